The van der Waals surface area contributed by atoms with Gasteiger partial charge >= 0.3 is 0 Å². The lowest BCUT2D eigenvalue weighted by atomic mass is 10.1. The van der Waals surface area contributed by atoms with Crippen LogP contribution in [0.5, 0.6) is 0 Å². The maximum Gasteiger partial charge on any atom is 0.251 e. The summed E-state index contributed by atoms with van der Waals surface area (Å²) in [6.45, 7) is 1.84. The van der Waals surface area contributed by atoms with E-state index in [4.69, 9.17) is 0 Å². The zero-order valence-electron chi connectivity index (χ0n) is 12.2. The standard InChI is InChI=1S/C17H18N2O2/c1-13-8-6-7-11-15(13)17(21)18-12-16(20)19(2)14-9-4-3-5-10-14/h3-11H,12H2,1-2H3,(H,18,21). The molecule has 0 saturated carbocycles. The Morgan fingerprint density at radius 3 is 2.29 bits per heavy atom. The van der Waals surface area contributed by atoms with Crippen LogP contribution < -0.4 is 10.2 Å². The van der Waals surface area contributed by atoms with Crippen LogP contribution in [0.2, 0.25) is 0 Å². The quantitative estimate of drug-likeness (QED) is 0.936. The maximum absolute atomic E-state index is 12.1. The zero-order valence-corrected chi connectivity index (χ0v) is 12.2. The van der Waals surface area contributed by atoms with E-state index in [-0.39, 0.29) is 18.4 Å². The van der Waals surface area contributed by atoms with E-state index < -0.39 is 0 Å². The highest BCUT2D eigenvalue weighted by Crippen LogP contribution is 2.11. The van der Waals surface area contributed by atoms with Gasteiger partial charge in [0.05, 0.1) is 6.54 Å². The number of carbonyl (C=O) groups excluding carboxylic acids is 2. The van der Waals surface area contributed by atoms with E-state index in [2.05, 4.69) is 5.32 Å². The summed E-state index contributed by atoms with van der Waals surface area (Å²) in [4.78, 5) is 25.6. The average Bonchev–Trinajstić information content (AvgIpc) is 2.52. The maximum atomic E-state index is 12.1. The Bertz CT molecular complexity index is 638. The van der Waals surface area contributed by atoms with Gasteiger partial charge in [-0.2, -0.15) is 0 Å². The van der Waals surface area contributed by atoms with Gasteiger partial charge in [-0.25, -0.2) is 0 Å². The topological polar surface area (TPSA) is 49.4 Å². The number of likely N-dealkylation sites (N-methyl/N-ethyl adjacent to an activating group) is 1. The molecule has 0 bridgehead atoms. The molecule has 0 spiro atoms. The molecule has 0 aromatic heterocycles. The van der Waals surface area contributed by atoms with E-state index in [1.165, 1.54) is 4.90 Å². The second-order valence-corrected chi connectivity index (χ2v) is 4.79. The van der Waals surface area contributed by atoms with Crippen LogP contribution in [0.25, 0.3) is 0 Å². The molecule has 0 unspecified atom stereocenters. The van der Waals surface area contributed by atoms with Gasteiger partial charge in [-0.3, -0.25) is 9.59 Å². The molecule has 2 amide bonds. The lowest BCUT2D eigenvalue weighted by molar-refractivity contribution is -0.117. The van der Waals surface area contributed by atoms with Crippen molar-refractivity contribution in [2.45, 2.75) is 6.92 Å². The second kappa shape index (κ2) is 6.70. The Hall–Kier alpha value is -2.62. The van der Waals surface area contributed by atoms with E-state index in [0.717, 1.165) is 11.3 Å². The number of aryl methyl sites for hydroxylation is 1. The summed E-state index contributed by atoms with van der Waals surface area (Å²) in [5, 5.41) is 2.66. The van der Waals surface area contributed by atoms with Crippen LogP contribution >= 0.6 is 0 Å². The number of anilines is 1. The molecule has 4 heteroatoms. The van der Waals surface area contributed by atoms with E-state index >= 15 is 0 Å². The summed E-state index contributed by atoms with van der Waals surface area (Å²) in [6.07, 6.45) is 0. The minimum absolute atomic E-state index is 0.0292. The third kappa shape index (κ3) is 3.69. The van der Waals surface area contributed by atoms with Crippen LogP contribution in [0.4, 0.5) is 5.69 Å². The number of amides is 2. The predicted molar refractivity (Wildman–Crippen MR) is 83.4 cm³/mol. The first-order valence-electron chi connectivity index (χ1n) is 6.75. The van der Waals surface area contributed by atoms with Gasteiger partial charge in [0.25, 0.3) is 5.91 Å². The van der Waals surface area contributed by atoms with Crippen molar-refractivity contribution in [2.75, 3.05) is 18.5 Å². The first kappa shape index (κ1) is 14.8. The van der Waals surface area contributed by atoms with Gasteiger partial charge in [-0.05, 0) is 30.7 Å². The van der Waals surface area contributed by atoms with Crippen molar-refractivity contribution < 1.29 is 9.59 Å². The summed E-state index contributed by atoms with van der Waals surface area (Å²) in [6, 6.07) is 16.6. The van der Waals surface area contributed by atoms with Gasteiger partial charge < -0.3 is 10.2 Å². The minimum Gasteiger partial charge on any atom is -0.343 e. The number of benzene rings is 2. The van der Waals surface area contributed by atoms with Crippen molar-refractivity contribution in [1.82, 2.24) is 5.32 Å². The molecule has 1 N–H and O–H groups in total. The molecule has 0 saturated heterocycles. The molecule has 0 aliphatic rings. The highest BCUT2D eigenvalue weighted by atomic mass is 16.2. The lowest BCUT2D eigenvalue weighted by Gasteiger charge is -2.17. The third-order valence-electron chi connectivity index (χ3n) is 3.31. The molecule has 2 rings (SSSR count). The summed E-state index contributed by atoms with van der Waals surface area (Å²) in [7, 11) is 1.69. The zero-order chi connectivity index (χ0) is 15.2. The third-order valence-corrected chi connectivity index (χ3v) is 3.31. The van der Waals surface area contributed by atoms with Gasteiger partial charge in [0, 0.05) is 18.3 Å². The van der Waals surface area contributed by atoms with Gasteiger partial charge in [-0.1, -0.05) is 36.4 Å². The van der Waals surface area contributed by atoms with Crippen LogP contribution in [-0.2, 0) is 4.79 Å². The van der Waals surface area contributed by atoms with E-state index in [9.17, 15) is 9.59 Å². The smallest absolute Gasteiger partial charge is 0.251 e. The van der Waals surface area contributed by atoms with Gasteiger partial charge in [0.2, 0.25) is 5.91 Å². The number of nitrogens with zero attached hydrogens (tertiary/aromatic N) is 1. The summed E-state index contributed by atoms with van der Waals surface area (Å²) in [5.41, 5.74) is 2.28. The molecule has 0 aliphatic heterocycles. The molecule has 0 fully saturated rings. The molecule has 0 heterocycles. The Labute approximate surface area is 124 Å². The highest BCUT2D eigenvalue weighted by molar-refractivity contribution is 6.00. The fraction of sp³-hybridized carbons (Fsp3) is 0.176. The van der Waals surface area contributed by atoms with Gasteiger partial charge in [-0.15, -0.1) is 0 Å². The second-order valence-electron chi connectivity index (χ2n) is 4.79. The van der Waals surface area contributed by atoms with Crippen molar-refractivity contribution >= 4 is 17.5 Å². The Balaban J connectivity index is 1.95. The largest absolute Gasteiger partial charge is 0.343 e. The van der Waals surface area contributed by atoms with Gasteiger partial charge in [0.15, 0.2) is 0 Å². The summed E-state index contributed by atoms with van der Waals surface area (Å²) < 4.78 is 0. The number of para-hydroxylation sites is 1. The highest BCUT2D eigenvalue weighted by Gasteiger charge is 2.13. The monoisotopic (exact) mass is 282 g/mol. The number of carbonyl (C=O) groups is 2. The molecular formula is C17H18N2O2. The minimum atomic E-state index is -0.233. The van der Waals surface area contributed by atoms with Crippen molar-refractivity contribution in [3.8, 4) is 0 Å². The molecule has 2 aromatic carbocycles. The molecule has 108 valence electrons. The van der Waals surface area contributed by atoms with E-state index in [1.807, 2.05) is 49.4 Å². The fourth-order valence-electron chi connectivity index (χ4n) is 1.99. The van der Waals surface area contributed by atoms with Crippen molar-refractivity contribution in [2.24, 2.45) is 0 Å². The van der Waals surface area contributed by atoms with Crippen LogP contribution in [0, 0.1) is 6.92 Å². The lowest BCUT2D eigenvalue weighted by Crippen LogP contribution is -2.38. The van der Waals surface area contributed by atoms with Crippen molar-refractivity contribution in [3.63, 3.8) is 0 Å². The molecular weight excluding hydrogens is 264 g/mol. The van der Waals surface area contributed by atoms with E-state index in [0.29, 0.717) is 5.56 Å². The number of hydrogen-bond acceptors (Lipinski definition) is 2. The molecule has 0 radical (unpaired) electrons. The molecule has 0 atom stereocenters. The normalized spacial score (nSPS) is 10.0. The number of hydrogen-bond donors (Lipinski definition) is 1. The number of rotatable bonds is 4. The molecule has 21 heavy (non-hydrogen) atoms. The SMILES string of the molecule is Cc1ccccc1C(=O)NCC(=O)N(C)c1ccccc1. The van der Waals surface area contributed by atoms with Crippen molar-refractivity contribution in [1.29, 1.82) is 0 Å². The van der Waals surface area contributed by atoms with Crippen LogP contribution in [0.1, 0.15) is 15.9 Å². The van der Waals surface area contributed by atoms with Gasteiger partial charge in [0.1, 0.15) is 0 Å². The molecule has 2 aromatic rings. The van der Waals surface area contributed by atoms with Crippen LogP contribution in [0.15, 0.2) is 54.6 Å². The average molecular weight is 282 g/mol. The summed E-state index contributed by atoms with van der Waals surface area (Å²) >= 11 is 0. The van der Waals surface area contributed by atoms with Crippen LogP contribution in [0.3, 0.4) is 0 Å². The Morgan fingerprint density at radius 1 is 1.00 bits per heavy atom. The Morgan fingerprint density at radius 2 is 1.62 bits per heavy atom. The number of nitrogens with one attached hydrogen (secondary N) is 1. The first-order valence-corrected chi connectivity index (χ1v) is 6.75. The first-order chi connectivity index (χ1) is 10.1. The molecule has 4 nitrogen and oxygen atoms in total. The molecule has 0 aliphatic carbocycles. The van der Waals surface area contributed by atoms with E-state index in [1.54, 1.807) is 19.2 Å². The summed E-state index contributed by atoms with van der Waals surface area (Å²) in [5.74, 6) is -0.397. The fourth-order valence-corrected chi connectivity index (χ4v) is 1.99. The van der Waals surface area contributed by atoms with Crippen LogP contribution in [-0.4, -0.2) is 25.4 Å². The van der Waals surface area contributed by atoms with Crippen molar-refractivity contribution in [3.05, 3.63) is 65.7 Å². The predicted octanol–water partition coefficient (Wildman–Crippen LogP) is 2.39. The Kier molecular flexibility index (Phi) is 4.72.